The molecule has 2 rings (SSSR count). The highest BCUT2D eigenvalue weighted by Gasteiger charge is 2.49. The number of hydrogen-bond donors (Lipinski definition) is 1. The van der Waals surface area contributed by atoms with Crippen LogP contribution in [0, 0.1) is 5.41 Å². The van der Waals surface area contributed by atoms with E-state index in [-0.39, 0.29) is 5.92 Å². The SMILES string of the molecule is CCC(O)C(C)c1nc(C2CC2(C)C)no1. The number of aliphatic hydroxyl groups excluding tert-OH is 1. The van der Waals surface area contributed by atoms with Gasteiger partial charge in [-0.1, -0.05) is 32.9 Å². The summed E-state index contributed by atoms with van der Waals surface area (Å²) in [6.45, 7) is 8.28. The molecule has 90 valence electrons. The van der Waals surface area contributed by atoms with E-state index in [1.807, 2.05) is 13.8 Å². The lowest BCUT2D eigenvalue weighted by Gasteiger charge is -2.11. The van der Waals surface area contributed by atoms with Gasteiger partial charge in [0, 0.05) is 5.92 Å². The third-order valence-electron chi connectivity index (χ3n) is 3.67. The van der Waals surface area contributed by atoms with Crippen molar-refractivity contribution in [2.45, 2.75) is 58.5 Å². The van der Waals surface area contributed by atoms with Crippen molar-refractivity contribution in [3.8, 4) is 0 Å². The van der Waals surface area contributed by atoms with Crippen molar-refractivity contribution in [2.24, 2.45) is 5.41 Å². The number of nitrogens with zero attached hydrogens (tertiary/aromatic N) is 2. The summed E-state index contributed by atoms with van der Waals surface area (Å²) in [4.78, 5) is 4.40. The minimum Gasteiger partial charge on any atom is -0.392 e. The predicted molar refractivity (Wildman–Crippen MR) is 60.1 cm³/mol. The van der Waals surface area contributed by atoms with Crippen molar-refractivity contribution in [3.63, 3.8) is 0 Å². The van der Waals surface area contributed by atoms with Crippen molar-refractivity contribution >= 4 is 0 Å². The van der Waals surface area contributed by atoms with Gasteiger partial charge in [0.2, 0.25) is 5.89 Å². The van der Waals surface area contributed by atoms with Crippen molar-refractivity contribution < 1.29 is 9.63 Å². The minimum atomic E-state index is -0.402. The first-order valence-corrected chi connectivity index (χ1v) is 5.97. The van der Waals surface area contributed by atoms with Crippen LogP contribution in [0.2, 0.25) is 0 Å². The van der Waals surface area contributed by atoms with Gasteiger partial charge in [0.05, 0.1) is 12.0 Å². The zero-order valence-electron chi connectivity index (χ0n) is 10.4. The largest absolute Gasteiger partial charge is 0.392 e. The molecule has 0 radical (unpaired) electrons. The van der Waals surface area contributed by atoms with Crippen LogP contribution in [-0.4, -0.2) is 21.4 Å². The summed E-state index contributed by atoms with van der Waals surface area (Å²) in [6.07, 6.45) is 1.42. The van der Waals surface area contributed by atoms with Gasteiger partial charge < -0.3 is 9.63 Å². The Bertz CT molecular complexity index is 373. The van der Waals surface area contributed by atoms with Gasteiger partial charge in [0.15, 0.2) is 5.82 Å². The standard InChI is InChI=1S/C12H20N2O2/c1-5-9(15)7(2)11-13-10(14-16-11)8-6-12(8,3)4/h7-9,15H,5-6H2,1-4H3. The zero-order chi connectivity index (χ0) is 11.9. The van der Waals surface area contributed by atoms with E-state index in [0.29, 0.717) is 23.6 Å². The number of rotatable bonds is 4. The molecule has 1 aromatic rings. The Morgan fingerprint density at radius 1 is 1.56 bits per heavy atom. The lowest BCUT2D eigenvalue weighted by Crippen LogP contribution is -2.14. The molecule has 0 amide bonds. The van der Waals surface area contributed by atoms with E-state index in [4.69, 9.17) is 4.52 Å². The molecule has 4 nitrogen and oxygen atoms in total. The molecule has 0 aromatic carbocycles. The highest BCUT2D eigenvalue weighted by molar-refractivity contribution is 5.15. The molecule has 1 fully saturated rings. The number of aromatic nitrogens is 2. The molecule has 3 atom stereocenters. The smallest absolute Gasteiger partial charge is 0.232 e. The second-order valence-electron chi connectivity index (χ2n) is 5.50. The monoisotopic (exact) mass is 224 g/mol. The summed E-state index contributed by atoms with van der Waals surface area (Å²) in [6, 6.07) is 0. The number of hydrogen-bond acceptors (Lipinski definition) is 4. The van der Waals surface area contributed by atoms with Gasteiger partial charge >= 0.3 is 0 Å². The van der Waals surface area contributed by atoms with Gasteiger partial charge in [-0.2, -0.15) is 4.98 Å². The highest BCUT2D eigenvalue weighted by atomic mass is 16.5. The molecule has 1 aliphatic rings. The summed E-state index contributed by atoms with van der Waals surface area (Å²) in [5.74, 6) is 1.71. The van der Waals surface area contributed by atoms with Gasteiger partial charge in [-0.25, -0.2) is 0 Å². The maximum absolute atomic E-state index is 9.72. The van der Waals surface area contributed by atoms with Gasteiger partial charge in [-0.3, -0.25) is 0 Å². The first-order chi connectivity index (χ1) is 7.45. The fourth-order valence-corrected chi connectivity index (χ4v) is 2.00. The first kappa shape index (κ1) is 11.6. The predicted octanol–water partition coefficient (Wildman–Crippen LogP) is 2.46. The molecule has 16 heavy (non-hydrogen) atoms. The van der Waals surface area contributed by atoms with Crippen LogP contribution in [0.25, 0.3) is 0 Å². The zero-order valence-corrected chi connectivity index (χ0v) is 10.4. The van der Waals surface area contributed by atoms with Crippen LogP contribution < -0.4 is 0 Å². The molecule has 1 aliphatic carbocycles. The molecule has 0 saturated heterocycles. The molecule has 0 spiro atoms. The van der Waals surface area contributed by atoms with E-state index in [9.17, 15) is 5.11 Å². The van der Waals surface area contributed by atoms with Crippen molar-refractivity contribution in [3.05, 3.63) is 11.7 Å². The van der Waals surface area contributed by atoms with Gasteiger partial charge in [0.25, 0.3) is 0 Å². The normalized spacial score (nSPS) is 26.4. The maximum atomic E-state index is 9.72. The molecule has 0 aliphatic heterocycles. The van der Waals surface area contributed by atoms with E-state index in [1.54, 1.807) is 0 Å². The molecule has 1 saturated carbocycles. The summed E-state index contributed by atoms with van der Waals surface area (Å²) < 4.78 is 5.22. The van der Waals surface area contributed by atoms with Crippen LogP contribution >= 0.6 is 0 Å². The quantitative estimate of drug-likeness (QED) is 0.853. The van der Waals surface area contributed by atoms with E-state index in [1.165, 1.54) is 0 Å². The fourth-order valence-electron chi connectivity index (χ4n) is 2.00. The molecule has 1 heterocycles. The average Bonchev–Trinajstić information content (AvgIpc) is 2.68. The van der Waals surface area contributed by atoms with Crippen LogP contribution in [0.5, 0.6) is 0 Å². The molecule has 3 unspecified atom stereocenters. The molecule has 0 bridgehead atoms. The van der Waals surface area contributed by atoms with E-state index < -0.39 is 6.10 Å². The molecule has 1 N–H and O–H groups in total. The Hall–Kier alpha value is -0.900. The lowest BCUT2D eigenvalue weighted by molar-refractivity contribution is 0.129. The van der Waals surface area contributed by atoms with Crippen LogP contribution in [-0.2, 0) is 0 Å². The van der Waals surface area contributed by atoms with E-state index >= 15 is 0 Å². The Morgan fingerprint density at radius 3 is 2.69 bits per heavy atom. The topological polar surface area (TPSA) is 59.2 Å². The van der Waals surface area contributed by atoms with Crippen molar-refractivity contribution in [1.29, 1.82) is 0 Å². The van der Waals surface area contributed by atoms with Crippen LogP contribution in [0.4, 0.5) is 0 Å². The minimum absolute atomic E-state index is 0.0758. The summed E-state index contributed by atoms with van der Waals surface area (Å²) in [5.41, 5.74) is 0.313. The van der Waals surface area contributed by atoms with Crippen LogP contribution in [0.1, 0.15) is 64.1 Å². The fraction of sp³-hybridized carbons (Fsp3) is 0.833. The summed E-state index contributed by atoms with van der Waals surface area (Å²) in [7, 11) is 0. The van der Waals surface area contributed by atoms with Gasteiger partial charge in [-0.05, 0) is 18.3 Å². The number of aliphatic hydroxyl groups is 1. The molecular weight excluding hydrogens is 204 g/mol. The van der Waals surface area contributed by atoms with Crippen molar-refractivity contribution in [2.75, 3.05) is 0 Å². The van der Waals surface area contributed by atoms with Crippen molar-refractivity contribution in [1.82, 2.24) is 10.1 Å². The third-order valence-corrected chi connectivity index (χ3v) is 3.67. The summed E-state index contributed by atoms with van der Waals surface area (Å²) in [5, 5.41) is 13.7. The summed E-state index contributed by atoms with van der Waals surface area (Å²) >= 11 is 0. The molecular formula is C12H20N2O2. The average molecular weight is 224 g/mol. The highest BCUT2D eigenvalue weighted by Crippen LogP contribution is 2.57. The van der Waals surface area contributed by atoms with E-state index in [0.717, 1.165) is 12.2 Å². The Morgan fingerprint density at radius 2 is 2.19 bits per heavy atom. The molecule has 1 aromatic heterocycles. The van der Waals surface area contributed by atoms with Crippen LogP contribution in [0.15, 0.2) is 4.52 Å². The Labute approximate surface area is 96.1 Å². The third kappa shape index (κ3) is 1.98. The second kappa shape index (κ2) is 3.84. The van der Waals surface area contributed by atoms with Gasteiger partial charge in [0.1, 0.15) is 0 Å². The van der Waals surface area contributed by atoms with E-state index in [2.05, 4.69) is 24.0 Å². The van der Waals surface area contributed by atoms with Gasteiger partial charge in [-0.15, -0.1) is 0 Å². The Balaban J connectivity index is 2.08. The molecule has 4 heteroatoms. The Kier molecular flexibility index (Phi) is 2.78. The first-order valence-electron chi connectivity index (χ1n) is 5.97. The second-order valence-corrected chi connectivity index (χ2v) is 5.50. The lowest BCUT2D eigenvalue weighted by atomic mass is 10.0. The van der Waals surface area contributed by atoms with Crippen LogP contribution in [0.3, 0.4) is 0 Å². The maximum Gasteiger partial charge on any atom is 0.232 e.